The highest BCUT2D eigenvalue weighted by Gasteiger charge is 2.31. The largest absolute Gasteiger partial charge is 0.377 e. The Bertz CT molecular complexity index is 1190. The van der Waals surface area contributed by atoms with Crippen LogP contribution in [0.1, 0.15) is 86.5 Å². The molecule has 182 valence electrons. The van der Waals surface area contributed by atoms with Crippen LogP contribution in [0.2, 0.25) is 0 Å². The standard InChI is InChI=1S/C26H36N6O2/c1-4-24(25-28-29-30-32(25)21-8-5-6-9-21)31(16-22-10-7-11-34-22)15-20-14-19-12-17(2)18(3)13-23(19)27-26(20)33/h12-14,21-22,24H,4-11,15-16H2,1-3H3,(H,27,33)/t22-,24+/m1/s1. The van der Waals surface area contributed by atoms with E-state index in [1.807, 2.05) is 0 Å². The van der Waals surface area contributed by atoms with E-state index in [2.05, 4.69) is 69.1 Å². The topological polar surface area (TPSA) is 88.9 Å². The number of fused-ring (bicyclic) bond motifs is 1. The third kappa shape index (κ3) is 4.66. The first-order valence-corrected chi connectivity index (χ1v) is 12.8. The lowest BCUT2D eigenvalue weighted by Crippen LogP contribution is -2.38. The van der Waals surface area contributed by atoms with Crippen LogP contribution in [-0.2, 0) is 11.3 Å². The van der Waals surface area contributed by atoms with Gasteiger partial charge in [0.05, 0.1) is 18.2 Å². The molecule has 1 saturated heterocycles. The summed E-state index contributed by atoms with van der Waals surface area (Å²) in [6.45, 7) is 8.47. The first-order valence-electron chi connectivity index (χ1n) is 12.8. The second-order valence-electron chi connectivity index (χ2n) is 10.1. The predicted octanol–water partition coefficient (Wildman–Crippen LogP) is 4.38. The SMILES string of the molecule is CC[C@@H](c1nnnn1C1CCCC1)N(Cc1cc2cc(C)c(C)cc2[nH]c1=O)C[C@H]1CCCO1. The maximum atomic E-state index is 13.1. The molecule has 1 aliphatic carbocycles. The van der Waals surface area contributed by atoms with Gasteiger partial charge in [0.1, 0.15) is 0 Å². The summed E-state index contributed by atoms with van der Waals surface area (Å²) >= 11 is 0. The number of aromatic amines is 1. The number of hydrogen-bond acceptors (Lipinski definition) is 6. The van der Waals surface area contributed by atoms with E-state index in [0.717, 1.165) is 67.5 Å². The van der Waals surface area contributed by atoms with Crippen molar-refractivity contribution in [3.63, 3.8) is 0 Å². The third-order valence-corrected chi connectivity index (χ3v) is 7.69. The van der Waals surface area contributed by atoms with Crippen molar-refractivity contribution < 1.29 is 4.74 Å². The second kappa shape index (κ2) is 9.96. The quantitative estimate of drug-likeness (QED) is 0.532. The molecule has 0 bridgehead atoms. The molecule has 1 aliphatic heterocycles. The number of aryl methyl sites for hydroxylation is 2. The fraction of sp³-hybridized carbons (Fsp3) is 0.615. The molecule has 8 heteroatoms. The summed E-state index contributed by atoms with van der Waals surface area (Å²) in [6.07, 6.45) is 7.89. The molecule has 8 nitrogen and oxygen atoms in total. The number of hydrogen-bond donors (Lipinski definition) is 1. The molecule has 3 heterocycles. The van der Waals surface area contributed by atoms with Crippen LogP contribution >= 0.6 is 0 Å². The van der Waals surface area contributed by atoms with Crippen LogP contribution in [0.5, 0.6) is 0 Å². The fourth-order valence-electron chi connectivity index (χ4n) is 5.64. The van der Waals surface area contributed by atoms with Gasteiger partial charge >= 0.3 is 0 Å². The molecule has 0 spiro atoms. The van der Waals surface area contributed by atoms with E-state index in [0.29, 0.717) is 12.6 Å². The maximum absolute atomic E-state index is 13.1. The molecule has 3 aromatic rings. The minimum Gasteiger partial charge on any atom is -0.377 e. The van der Waals surface area contributed by atoms with Gasteiger partial charge in [-0.25, -0.2) is 4.68 Å². The average molecular weight is 465 g/mol. The summed E-state index contributed by atoms with van der Waals surface area (Å²) in [5.74, 6) is 0.913. The van der Waals surface area contributed by atoms with E-state index in [1.165, 1.54) is 24.0 Å². The van der Waals surface area contributed by atoms with Crippen LogP contribution in [0.25, 0.3) is 10.9 Å². The molecular formula is C26H36N6O2. The molecule has 0 amide bonds. The lowest BCUT2D eigenvalue weighted by atomic mass is 10.0. The minimum absolute atomic E-state index is 0.0228. The number of nitrogens with zero attached hydrogens (tertiary/aromatic N) is 5. The van der Waals surface area contributed by atoms with Crippen molar-refractivity contribution in [2.45, 2.75) is 90.4 Å². The van der Waals surface area contributed by atoms with Gasteiger partial charge in [0.2, 0.25) is 0 Å². The summed E-state index contributed by atoms with van der Waals surface area (Å²) < 4.78 is 8.06. The maximum Gasteiger partial charge on any atom is 0.252 e. The molecule has 1 saturated carbocycles. The Morgan fingerprint density at radius 2 is 1.94 bits per heavy atom. The molecule has 2 fully saturated rings. The highest BCUT2D eigenvalue weighted by molar-refractivity contribution is 5.80. The van der Waals surface area contributed by atoms with Crippen molar-refractivity contribution >= 4 is 10.9 Å². The van der Waals surface area contributed by atoms with Crippen molar-refractivity contribution in [3.8, 4) is 0 Å². The zero-order valence-corrected chi connectivity index (χ0v) is 20.6. The smallest absolute Gasteiger partial charge is 0.252 e. The number of ether oxygens (including phenoxy) is 1. The lowest BCUT2D eigenvalue weighted by molar-refractivity contribution is 0.0484. The molecule has 2 aliphatic rings. The minimum atomic E-state index is -0.0293. The van der Waals surface area contributed by atoms with Crippen LogP contribution < -0.4 is 5.56 Å². The molecule has 2 atom stereocenters. The number of nitrogens with one attached hydrogen (secondary N) is 1. The van der Waals surface area contributed by atoms with Crippen molar-refractivity contribution in [3.05, 3.63) is 51.1 Å². The Hall–Kier alpha value is -2.58. The van der Waals surface area contributed by atoms with E-state index < -0.39 is 0 Å². The van der Waals surface area contributed by atoms with Gasteiger partial charge in [0.15, 0.2) is 5.82 Å². The summed E-state index contributed by atoms with van der Waals surface area (Å²) in [5.41, 5.74) is 4.04. The molecular weight excluding hydrogens is 428 g/mol. The Kier molecular flexibility index (Phi) is 6.79. The van der Waals surface area contributed by atoms with Crippen LogP contribution in [-0.4, -0.2) is 49.3 Å². The molecule has 2 aromatic heterocycles. The first kappa shape index (κ1) is 23.2. The van der Waals surface area contributed by atoms with Gasteiger partial charge in [0.25, 0.3) is 5.56 Å². The van der Waals surface area contributed by atoms with Gasteiger partial charge < -0.3 is 9.72 Å². The number of tetrazole rings is 1. The molecule has 34 heavy (non-hydrogen) atoms. The first-order chi connectivity index (χ1) is 16.5. The Morgan fingerprint density at radius 3 is 2.68 bits per heavy atom. The summed E-state index contributed by atoms with van der Waals surface area (Å²) in [7, 11) is 0. The van der Waals surface area contributed by atoms with Gasteiger partial charge in [-0.3, -0.25) is 9.69 Å². The van der Waals surface area contributed by atoms with Gasteiger partial charge in [-0.15, -0.1) is 5.10 Å². The average Bonchev–Trinajstić information content (AvgIpc) is 3.59. The summed E-state index contributed by atoms with van der Waals surface area (Å²) in [4.78, 5) is 18.6. The number of rotatable bonds is 8. The Morgan fingerprint density at radius 1 is 1.15 bits per heavy atom. The number of pyridine rings is 1. The molecule has 0 unspecified atom stereocenters. The van der Waals surface area contributed by atoms with Crippen LogP contribution in [0, 0.1) is 13.8 Å². The summed E-state index contributed by atoms with van der Waals surface area (Å²) in [6, 6.07) is 6.67. The number of benzene rings is 1. The third-order valence-electron chi connectivity index (χ3n) is 7.69. The Labute approximate surface area is 200 Å². The van der Waals surface area contributed by atoms with Gasteiger partial charge in [0, 0.05) is 30.8 Å². The van der Waals surface area contributed by atoms with E-state index in [-0.39, 0.29) is 17.7 Å². The number of aromatic nitrogens is 5. The molecule has 5 rings (SSSR count). The van der Waals surface area contributed by atoms with Crippen LogP contribution in [0.4, 0.5) is 0 Å². The van der Waals surface area contributed by atoms with Crippen molar-refractivity contribution in [1.82, 2.24) is 30.1 Å². The monoisotopic (exact) mass is 464 g/mol. The van der Waals surface area contributed by atoms with E-state index in [1.54, 1.807) is 0 Å². The van der Waals surface area contributed by atoms with E-state index >= 15 is 0 Å². The zero-order valence-electron chi connectivity index (χ0n) is 20.6. The predicted molar refractivity (Wildman–Crippen MR) is 132 cm³/mol. The lowest BCUT2D eigenvalue weighted by Gasteiger charge is -2.32. The van der Waals surface area contributed by atoms with Crippen molar-refractivity contribution in [2.24, 2.45) is 0 Å². The second-order valence-corrected chi connectivity index (χ2v) is 10.1. The molecule has 0 radical (unpaired) electrons. The molecule has 1 aromatic carbocycles. The number of H-pyrrole nitrogens is 1. The summed E-state index contributed by atoms with van der Waals surface area (Å²) in [5, 5.41) is 14.0. The van der Waals surface area contributed by atoms with E-state index in [9.17, 15) is 4.79 Å². The van der Waals surface area contributed by atoms with Crippen molar-refractivity contribution in [1.29, 1.82) is 0 Å². The normalized spacial score (nSPS) is 20.1. The van der Waals surface area contributed by atoms with Crippen molar-refractivity contribution in [2.75, 3.05) is 13.2 Å². The molecule has 1 N–H and O–H groups in total. The Balaban J connectivity index is 1.50. The highest BCUT2D eigenvalue weighted by Crippen LogP contribution is 2.33. The fourth-order valence-corrected chi connectivity index (χ4v) is 5.64. The highest BCUT2D eigenvalue weighted by atomic mass is 16.5. The van der Waals surface area contributed by atoms with Gasteiger partial charge in [-0.2, -0.15) is 0 Å². The van der Waals surface area contributed by atoms with E-state index in [4.69, 9.17) is 4.74 Å². The van der Waals surface area contributed by atoms with Gasteiger partial charge in [-0.05, 0) is 91.1 Å². The zero-order chi connectivity index (χ0) is 23.7. The van der Waals surface area contributed by atoms with Gasteiger partial charge in [-0.1, -0.05) is 19.8 Å². The van der Waals surface area contributed by atoms with Crippen LogP contribution in [0.3, 0.4) is 0 Å². The van der Waals surface area contributed by atoms with Crippen LogP contribution in [0.15, 0.2) is 23.0 Å².